The van der Waals surface area contributed by atoms with Crippen LogP contribution in [-0.2, 0) is 15.1 Å². The second kappa shape index (κ2) is 7.92. The fraction of sp³-hybridized carbons (Fsp3) is 0.529. The molecule has 0 aromatic heterocycles. The molecule has 1 atom stereocenters. The van der Waals surface area contributed by atoms with Crippen LogP contribution in [0.5, 0.6) is 0 Å². The van der Waals surface area contributed by atoms with Crippen LogP contribution in [0.4, 0.5) is 22.4 Å². The third-order valence-electron chi connectivity index (χ3n) is 4.22. The summed E-state index contributed by atoms with van der Waals surface area (Å²) in [4.78, 5) is 26.0. The Labute approximate surface area is 148 Å². The van der Waals surface area contributed by atoms with Crippen LogP contribution in [-0.4, -0.2) is 42.8 Å². The minimum absolute atomic E-state index is 0.298. The number of esters is 1. The highest BCUT2D eigenvalue weighted by Crippen LogP contribution is 2.40. The highest BCUT2D eigenvalue weighted by Gasteiger charge is 2.64. The smallest absolute Gasteiger partial charge is 0.426 e. The number of benzene rings is 1. The lowest BCUT2D eigenvalue weighted by molar-refractivity contribution is -0.214. The molecule has 0 saturated carbocycles. The standard InChI is InChI=1S/C17H20F4N2O3/c1-2-26-14(24)16(17(19,20)21,12-6-8-13(18)9-7-12)22-15(25)23-10-4-3-5-11-23/h6-9H,2-5,10-11H2,1H3,(H,22,25)/t16-/m0/s1. The van der Waals surface area contributed by atoms with Crippen LogP contribution >= 0.6 is 0 Å². The maximum atomic E-state index is 14.0. The van der Waals surface area contributed by atoms with Crippen LogP contribution in [0, 0.1) is 5.82 Å². The number of piperidine rings is 1. The number of hydrogen-bond donors (Lipinski definition) is 1. The van der Waals surface area contributed by atoms with Gasteiger partial charge in [0.2, 0.25) is 0 Å². The first-order valence-electron chi connectivity index (χ1n) is 8.29. The molecule has 2 rings (SSSR count). The molecule has 0 unspecified atom stereocenters. The number of amides is 2. The summed E-state index contributed by atoms with van der Waals surface area (Å²) in [5.41, 5.74) is -4.03. The Morgan fingerprint density at radius 2 is 1.69 bits per heavy atom. The molecule has 1 aromatic carbocycles. The molecule has 1 saturated heterocycles. The van der Waals surface area contributed by atoms with E-state index in [1.54, 1.807) is 0 Å². The van der Waals surface area contributed by atoms with Gasteiger partial charge >= 0.3 is 18.2 Å². The van der Waals surface area contributed by atoms with Gasteiger partial charge in [0.1, 0.15) is 5.82 Å². The molecule has 0 radical (unpaired) electrons. The van der Waals surface area contributed by atoms with Crippen LogP contribution in [0.25, 0.3) is 0 Å². The normalized spacial score (nSPS) is 17.3. The van der Waals surface area contributed by atoms with E-state index in [4.69, 9.17) is 0 Å². The Kier molecular flexibility index (Phi) is 6.09. The van der Waals surface area contributed by atoms with Gasteiger partial charge in [0, 0.05) is 13.1 Å². The van der Waals surface area contributed by atoms with Crippen molar-refractivity contribution in [1.29, 1.82) is 0 Å². The Morgan fingerprint density at radius 3 is 2.19 bits per heavy atom. The first-order chi connectivity index (χ1) is 12.2. The number of carbonyl (C=O) groups excluding carboxylic acids is 2. The zero-order valence-electron chi connectivity index (χ0n) is 14.2. The van der Waals surface area contributed by atoms with Crippen molar-refractivity contribution in [2.24, 2.45) is 0 Å². The Balaban J connectivity index is 2.49. The van der Waals surface area contributed by atoms with Gasteiger partial charge in [0.15, 0.2) is 0 Å². The van der Waals surface area contributed by atoms with E-state index in [0.717, 1.165) is 30.7 Å². The van der Waals surface area contributed by atoms with Gasteiger partial charge < -0.3 is 15.0 Å². The van der Waals surface area contributed by atoms with Gasteiger partial charge in [0.05, 0.1) is 6.61 Å². The summed E-state index contributed by atoms with van der Waals surface area (Å²) >= 11 is 0. The van der Waals surface area contributed by atoms with Gasteiger partial charge in [-0.25, -0.2) is 14.0 Å². The van der Waals surface area contributed by atoms with Crippen LogP contribution in [0.1, 0.15) is 31.7 Å². The number of ether oxygens (including phenoxy) is 1. The molecule has 0 spiro atoms. The molecule has 1 aliphatic heterocycles. The summed E-state index contributed by atoms with van der Waals surface area (Å²) in [6.07, 6.45) is -2.97. The number of nitrogens with one attached hydrogen (secondary N) is 1. The molecular weight excluding hydrogens is 356 g/mol. The van der Waals surface area contributed by atoms with Crippen molar-refractivity contribution in [2.45, 2.75) is 37.9 Å². The Bertz CT molecular complexity index is 642. The summed E-state index contributed by atoms with van der Waals surface area (Å²) in [6, 6.07) is 2.20. The maximum Gasteiger partial charge on any atom is 0.426 e. The van der Waals surface area contributed by atoms with E-state index in [-0.39, 0.29) is 6.61 Å². The number of alkyl halides is 3. The largest absolute Gasteiger partial charge is 0.464 e. The van der Waals surface area contributed by atoms with Crippen LogP contribution in [0.3, 0.4) is 0 Å². The average molecular weight is 376 g/mol. The van der Waals surface area contributed by atoms with Gasteiger partial charge in [-0.15, -0.1) is 0 Å². The number of rotatable bonds is 4. The quantitative estimate of drug-likeness (QED) is 0.648. The fourth-order valence-corrected chi connectivity index (χ4v) is 2.87. The monoisotopic (exact) mass is 376 g/mol. The molecular formula is C17H20F4N2O3. The number of hydrogen-bond acceptors (Lipinski definition) is 3. The first kappa shape index (κ1) is 20.0. The third kappa shape index (κ3) is 3.91. The van der Waals surface area contributed by atoms with E-state index < -0.39 is 35.1 Å². The molecule has 5 nitrogen and oxygen atoms in total. The number of urea groups is 1. The molecule has 1 N–H and O–H groups in total. The van der Waals surface area contributed by atoms with Crippen molar-refractivity contribution < 1.29 is 31.9 Å². The minimum atomic E-state index is -5.19. The molecule has 9 heteroatoms. The van der Waals surface area contributed by atoms with E-state index in [2.05, 4.69) is 4.74 Å². The Hall–Kier alpha value is -2.32. The lowest BCUT2D eigenvalue weighted by atomic mass is 9.88. The summed E-state index contributed by atoms with van der Waals surface area (Å²) in [5.74, 6) is -2.43. The number of carbonyl (C=O) groups is 2. The van der Waals surface area contributed by atoms with Crippen LogP contribution in [0.2, 0.25) is 0 Å². The molecule has 0 aliphatic carbocycles. The molecule has 1 aliphatic rings. The lowest BCUT2D eigenvalue weighted by Crippen LogP contribution is -2.64. The predicted molar refractivity (Wildman–Crippen MR) is 84.7 cm³/mol. The second-order valence-electron chi connectivity index (χ2n) is 5.95. The van der Waals surface area contributed by atoms with Crippen LogP contribution in [0.15, 0.2) is 24.3 Å². The fourth-order valence-electron chi connectivity index (χ4n) is 2.87. The van der Waals surface area contributed by atoms with E-state index >= 15 is 0 Å². The summed E-state index contributed by atoms with van der Waals surface area (Å²) in [7, 11) is 0. The lowest BCUT2D eigenvalue weighted by Gasteiger charge is -2.37. The molecule has 1 aromatic rings. The van der Waals surface area contributed by atoms with Crippen molar-refractivity contribution in [3.05, 3.63) is 35.6 Å². The molecule has 0 bridgehead atoms. The zero-order valence-corrected chi connectivity index (χ0v) is 14.2. The second-order valence-corrected chi connectivity index (χ2v) is 5.95. The van der Waals surface area contributed by atoms with Crippen LogP contribution < -0.4 is 5.32 Å². The van der Waals surface area contributed by atoms with Gasteiger partial charge in [-0.2, -0.15) is 13.2 Å². The summed E-state index contributed by atoms with van der Waals surface area (Å²) < 4.78 is 59.9. The SMILES string of the molecule is CCOC(=O)[C@@](NC(=O)N1CCCCC1)(c1ccc(F)cc1)C(F)(F)F. The molecule has 2 amide bonds. The molecule has 1 heterocycles. The van der Waals surface area contributed by atoms with Crippen molar-refractivity contribution in [2.75, 3.05) is 19.7 Å². The third-order valence-corrected chi connectivity index (χ3v) is 4.22. The van der Waals surface area contributed by atoms with Gasteiger partial charge in [-0.05, 0) is 43.9 Å². The maximum absolute atomic E-state index is 14.0. The summed E-state index contributed by atoms with van der Waals surface area (Å²) in [6.45, 7) is 1.64. The topological polar surface area (TPSA) is 58.6 Å². The van der Waals surface area contributed by atoms with Crippen molar-refractivity contribution in [3.8, 4) is 0 Å². The molecule has 1 fully saturated rings. The Morgan fingerprint density at radius 1 is 1.12 bits per heavy atom. The average Bonchev–Trinajstić information content (AvgIpc) is 2.60. The van der Waals surface area contributed by atoms with E-state index in [1.165, 1.54) is 11.8 Å². The number of halogens is 4. The predicted octanol–water partition coefficient (Wildman–Crippen LogP) is 3.34. The van der Waals surface area contributed by atoms with E-state index in [0.29, 0.717) is 25.9 Å². The van der Waals surface area contributed by atoms with Crippen molar-refractivity contribution in [1.82, 2.24) is 10.2 Å². The highest BCUT2D eigenvalue weighted by molar-refractivity contribution is 5.89. The van der Waals surface area contributed by atoms with Gasteiger partial charge in [0.25, 0.3) is 5.54 Å². The molecule has 144 valence electrons. The van der Waals surface area contributed by atoms with E-state index in [9.17, 15) is 27.2 Å². The summed E-state index contributed by atoms with van der Waals surface area (Å²) in [5, 5.41) is 1.83. The highest BCUT2D eigenvalue weighted by atomic mass is 19.4. The number of nitrogens with zero attached hydrogens (tertiary/aromatic N) is 1. The van der Waals surface area contributed by atoms with Gasteiger partial charge in [-0.1, -0.05) is 12.1 Å². The first-order valence-corrected chi connectivity index (χ1v) is 8.29. The van der Waals surface area contributed by atoms with Crippen molar-refractivity contribution >= 4 is 12.0 Å². The van der Waals surface area contributed by atoms with Gasteiger partial charge in [-0.3, -0.25) is 0 Å². The zero-order chi connectivity index (χ0) is 19.4. The van der Waals surface area contributed by atoms with Crippen molar-refractivity contribution in [3.63, 3.8) is 0 Å². The number of likely N-dealkylation sites (tertiary alicyclic amines) is 1. The van der Waals surface area contributed by atoms with E-state index in [1.807, 2.05) is 5.32 Å². The minimum Gasteiger partial charge on any atom is -0.464 e. The molecule has 26 heavy (non-hydrogen) atoms.